The Morgan fingerprint density at radius 2 is 1.79 bits per heavy atom. The number of allylic oxidation sites excluding steroid dienone is 1. The van der Waals surface area contributed by atoms with Crippen LogP contribution in [0, 0.1) is 5.92 Å². The first kappa shape index (κ1) is 18.3. The molecule has 1 aliphatic carbocycles. The van der Waals surface area contributed by atoms with Crippen LogP contribution in [-0.2, 0) is 16.0 Å². The Morgan fingerprint density at radius 1 is 1.04 bits per heavy atom. The van der Waals surface area contributed by atoms with E-state index >= 15 is 0 Å². The first-order valence-electron chi connectivity index (χ1n) is 10.1. The maximum atomic E-state index is 12.7. The lowest BCUT2D eigenvalue weighted by molar-refractivity contribution is -0.139. The van der Waals surface area contributed by atoms with E-state index in [0.29, 0.717) is 5.76 Å². The Kier molecular flexibility index (Phi) is 5.75. The molecule has 3 aromatic rings. The molecule has 0 aliphatic heterocycles. The molecule has 0 bridgehead atoms. The largest absolute Gasteiger partial charge is 0.422 e. The van der Waals surface area contributed by atoms with Crippen LogP contribution in [0.1, 0.15) is 43.2 Å². The maximum Gasteiger partial charge on any atom is 0.316 e. The van der Waals surface area contributed by atoms with Gasteiger partial charge in [0.25, 0.3) is 0 Å². The first-order valence-corrected chi connectivity index (χ1v) is 10.1. The van der Waals surface area contributed by atoms with Crippen LogP contribution in [0.25, 0.3) is 17.0 Å². The maximum absolute atomic E-state index is 12.7. The van der Waals surface area contributed by atoms with Crippen LogP contribution in [0.3, 0.4) is 0 Å². The number of carbonyl (C=O) groups excluding carboxylic acids is 1. The molecule has 0 saturated heterocycles. The molecular weight excluding hydrogens is 346 g/mol. The van der Waals surface area contributed by atoms with Crippen LogP contribution in [0.4, 0.5) is 0 Å². The van der Waals surface area contributed by atoms with Crippen molar-refractivity contribution in [2.24, 2.45) is 5.92 Å². The van der Waals surface area contributed by atoms with E-state index in [1.54, 1.807) is 0 Å². The van der Waals surface area contributed by atoms with E-state index in [0.717, 1.165) is 34.9 Å². The monoisotopic (exact) mass is 371 g/mol. The quantitative estimate of drug-likeness (QED) is 0.338. The number of aromatic amines is 1. The number of hydrogen-bond donors (Lipinski definition) is 1. The molecule has 0 atom stereocenters. The van der Waals surface area contributed by atoms with Gasteiger partial charge in [-0.25, -0.2) is 0 Å². The van der Waals surface area contributed by atoms with E-state index in [-0.39, 0.29) is 18.3 Å². The molecule has 3 heteroatoms. The van der Waals surface area contributed by atoms with Crippen LogP contribution in [-0.4, -0.2) is 11.0 Å². The summed E-state index contributed by atoms with van der Waals surface area (Å²) in [5.41, 5.74) is 6.36. The van der Waals surface area contributed by atoms with Crippen LogP contribution < -0.4 is 0 Å². The minimum atomic E-state index is -0.223. The van der Waals surface area contributed by atoms with Gasteiger partial charge in [-0.1, -0.05) is 73.5 Å². The first-order chi connectivity index (χ1) is 13.8. The van der Waals surface area contributed by atoms with E-state index < -0.39 is 0 Å². The summed E-state index contributed by atoms with van der Waals surface area (Å²) in [5.74, 6) is 0.744. The molecule has 0 unspecified atom stereocenters. The van der Waals surface area contributed by atoms with Crippen molar-refractivity contribution in [3.05, 3.63) is 83.4 Å². The molecule has 28 heavy (non-hydrogen) atoms. The lowest BCUT2D eigenvalue weighted by atomic mass is 9.88. The van der Waals surface area contributed by atoms with E-state index in [9.17, 15) is 4.79 Å². The highest BCUT2D eigenvalue weighted by Gasteiger charge is 2.22. The van der Waals surface area contributed by atoms with Crippen LogP contribution in [0.2, 0.25) is 0 Å². The molecule has 0 amide bonds. The van der Waals surface area contributed by atoms with Crippen molar-refractivity contribution in [1.29, 1.82) is 0 Å². The van der Waals surface area contributed by atoms with Gasteiger partial charge in [0.1, 0.15) is 0 Å². The predicted octanol–water partition coefficient (Wildman–Crippen LogP) is 6.03. The number of H-pyrrole nitrogens is 1. The van der Waals surface area contributed by atoms with Crippen LogP contribution >= 0.6 is 0 Å². The molecule has 3 nitrogen and oxygen atoms in total. The smallest absolute Gasteiger partial charge is 0.316 e. The van der Waals surface area contributed by atoms with Crippen molar-refractivity contribution < 1.29 is 9.53 Å². The van der Waals surface area contributed by atoms with Crippen molar-refractivity contribution in [1.82, 2.24) is 4.98 Å². The Morgan fingerprint density at radius 3 is 2.61 bits per heavy atom. The summed E-state index contributed by atoms with van der Waals surface area (Å²) in [6.07, 6.45) is 9.82. The summed E-state index contributed by atoms with van der Waals surface area (Å²) in [7, 11) is 0. The fourth-order valence-electron chi connectivity index (χ4n) is 3.89. The van der Waals surface area contributed by atoms with Gasteiger partial charge >= 0.3 is 5.97 Å². The number of hydrogen-bond acceptors (Lipinski definition) is 2. The molecule has 4 rings (SSSR count). The van der Waals surface area contributed by atoms with E-state index in [1.165, 1.54) is 19.3 Å². The van der Waals surface area contributed by atoms with Gasteiger partial charge in [-0.2, -0.15) is 0 Å². The highest BCUT2D eigenvalue weighted by Crippen LogP contribution is 2.30. The number of para-hydroxylation sites is 1. The minimum Gasteiger partial charge on any atom is -0.422 e. The number of rotatable bonds is 5. The van der Waals surface area contributed by atoms with Gasteiger partial charge in [0.05, 0.1) is 6.42 Å². The number of esters is 1. The number of aromatic nitrogens is 1. The molecule has 2 aromatic carbocycles. The van der Waals surface area contributed by atoms with Gasteiger partial charge in [0.15, 0.2) is 5.76 Å². The zero-order valence-corrected chi connectivity index (χ0v) is 16.0. The lowest BCUT2D eigenvalue weighted by Gasteiger charge is -2.22. The number of nitrogens with one attached hydrogen (secondary N) is 1. The van der Waals surface area contributed by atoms with Gasteiger partial charge in [0.2, 0.25) is 0 Å². The zero-order chi connectivity index (χ0) is 19.2. The second-order valence-electron chi connectivity index (χ2n) is 7.41. The van der Waals surface area contributed by atoms with Gasteiger partial charge < -0.3 is 9.72 Å². The molecule has 142 valence electrons. The van der Waals surface area contributed by atoms with Gasteiger partial charge in [-0.15, -0.1) is 0 Å². The standard InChI is InChI=1S/C25H25NO2/c27-25(17-21-18-26-23-14-8-7-13-22(21)23)28-24(20-11-5-2-6-12-20)16-15-19-9-3-1-4-10-19/h1,3-4,7-10,13-15,18,20,26H,2,5-6,11-12,17H2. The molecule has 1 fully saturated rings. The summed E-state index contributed by atoms with van der Waals surface area (Å²) >= 11 is 0. The van der Waals surface area contributed by atoms with E-state index in [1.807, 2.05) is 66.9 Å². The number of carbonyl (C=O) groups is 1. The molecule has 1 N–H and O–H groups in total. The minimum absolute atomic E-state index is 0.223. The molecule has 1 saturated carbocycles. The van der Waals surface area contributed by atoms with Crippen LogP contribution in [0.15, 0.2) is 72.3 Å². The Labute approximate surface area is 165 Å². The predicted molar refractivity (Wildman–Crippen MR) is 113 cm³/mol. The number of ether oxygens (including phenoxy) is 1. The van der Waals surface area contributed by atoms with Crippen molar-refractivity contribution in [2.45, 2.75) is 38.5 Å². The summed E-state index contributed by atoms with van der Waals surface area (Å²) in [5, 5.41) is 1.07. The van der Waals surface area contributed by atoms with Crippen molar-refractivity contribution >= 4 is 22.9 Å². The topological polar surface area (TPSA) is 42.1 Å². The summed E-state index contributed by atoms with van der Waals surface area (Å²) in [6, 6.07) is 18.1. The molecule has 1 aliphatic rings. The summed E-state index contributed by atoms with van der Waals surface area (Å²) < 4.78 is 5.86. The zero-order valence-electron chi connectivity index (χ0n) is 16.0. The van der Waals surface area contributed by atoms with Crippen molar-refractivity contribution in [2.75, 3.05) is 0 Å². The average molecular weight is 371 g/mol. The van der Waals surface area contributed by atoms with Gasteiger partial charge in [-0.3, -0.25) is 4.79 Å². The molecule has 0 spiro atoms. The second-order valence-corrected chi connectivity index (χ2v) is 7.41. The third-order valence-electron chi connectivity index (χ3n) is 5.39. The molecule has 1 heterocycles. The van der Waals surface area contributed by atoms with E-state index in [4.69, 9.17) is 4.74 Å². The van der Waals surface area contributed by atoms with Crippen molar-refractivity contribution in [3.63, 3.8) is 0 Å². The molecule has 1 aromatic heterocycles. The summed E-state index contributed by atoms with van der Waals surface area (Å²) in [6.45, 7) is 0. The normalized spacial score (nSPS) is 14.4. The Hall–Kier alpha value is -3.03. The fourth-order valence-corrected chi connectivity index (χ4v) is 3.89. The lowest BCUT2D eigenvalue weighted by Crippen LogP contribution is -2.15. The Bertz CT molecular complexity index is 1000. The average Bonchev–Trinajstić information content (AvgIpc) is 3.15. The number of fused-ring (bicyclic) bond motifs is 1. The molecular formula is C25H25NO2. The highest BCUT2D eigenvalue weighted by molar-refractivity contribution is 5.87. The second kappa shape index (κ2) is 8.77. The number of benzene rings is 2. The van der Waals surface area contributed by atoms with Gasteiger partial charge in [-0.05, 0) is 36.1 Å². The SMILES string of the molecule is O=C(Cc1c[nH]c2ccccc12)OC(=C=Cc1ccccc1)C1CCCCC1. The van der Waals surface area contributed by atoms with Gasteiger partial charge in [0, 0.05) is 23.0 Å². The fraction of sp³-hybridized carbons (Fsp3) is 0.280. The Balaban J connectivity index is 1.54. The third-order valence-corrected chi connectivity index (χ3v) is 5.39. The van der Waals surface area contributed by atoms with Crippen molar-refractivity contribution in [3.8, 4) is 0 Å². The van der Waals surface area contributed by atoms with Crippen LogP contribution in [0.5, 0.6) is 0 Å². The van der Waals surface area contributed by atoms with E-state index in [2.05, 4.69) is 10.7 Å². The molecule has 0 radical (unpaired) electrons. The highest BCUT2D eigenvalue weighted by atomic mass is 16.5. The summed E-state index contributed by atoms with van der Waals surface area (Å²) in [4.78, 5) is 15.9. The third kappa shape index (κ3) is 4.44.